The zero-order valence-corrected chi connectivity index (χ0v) is 12.7. The average Bonchev–Trinajstić information content (AvgIpc) is 2.43. The van der Waals surface area contributed by atoms with Crippen LogP contribution in [0.15, 0.2) is 18.2 Å². The van der Waals surface area contributed by atoms with Crippen LogP contribution in [0.4, 0.5) is 0 Å². The number of benzene rings is 1. The Morgan fingerprint density at radius 2 is 1.89 bits per heavy atom. The Kier molecular flexibility index (Phi) is 4.87. The Labute approximate surface area is 117 Å². The van der Waals surface area contributed by atoms with E-state index in [0.29, 0.717) is 6.04 Å². The molecule has 1 fully saturated rings. The third kappa shape index (κ3) is 3.30. The van der Waals surface area contributed by atoms with Gasteiger partial charge in [-0.15, -0.1) is 0 Å². The monoisotopic (exact) mass is 261 g/mol. The van der Waals surface area contributed by atoms with Crippen LogP contribution in [-0.4, -0.2) is 14.2 Å². The molecule has 1 aromatic carbocycles. The van der Waals surface area contributed by atoms with Gasteiger partial charge >= 0.3 is 0 Å². The number of ether oxygens (including phenoxy) is 1. The molecule has 2 heteroatoms. The molecule has 19 heavy (non-hydrogen) atoms. The molecule has 1 aliphatic carbocycles. The van der Waals surface area contributed by atoms with Gasteiger partial charge in [0.15, 0.2) is 0 Å². The van der Waals surface area contributed by atoms with E-state index in [1.807, 2.05) is 0 Å². The highest BCUT2D eigenvalue weighted by Gasteiger charge is 2.26. The first-order valence-corrected chi connectivity index (χ1v) is 7.47. The van der Waals surface area contributed by atoms with Gasteiger partial charge in [-0.25, -0.2) is 0 Å². The van der Waals surface area contributed by atoms with Crippen molar-refractivity contribution in [2.75, 3.05) is 14.2 Å². The Morgan fingerprint density at radius 3 is 2.47 bits per heavy atom. The van der Waals surface area contributed by atoms with E-state index >= 15 is 0 Å². The van der Waals surface area contributed by atoms with Gasteiger partial charge in [-0.3, -0.25) is 0 Å². The van der Waals surface area contributed by atoms with Gasteiger partial charge in [-0.05, 0) is 55.8 Å². The Bertz CT molecular complexity index is 408. The van der Waals surface area contributed by atoms with Gasteiger partial charge in [0.2, 0.25) is 0 Å². The van der Waals surface area contributed by atoms with Crippen molar-refractivity contribution in [2.45, 2.75) is 45.6 Å². The van der Waals surface area contributed by atoms with Gasteiger partial charge in [0.1, 0.15) is 5.75 Å². The van der Waals surface area contributed by atoms with Crippen LogP contribution in [0.3, 0.4) is 0 Å². The molecule has 1 aliphatic rings. The summed E-state index contributed by atoms with van der Waals surface area (Å²) in [6.07, 6.45) is 5.41. The van der Waals surface area contributed by atoms with E-state index in [2.05, 4.69) is 44.4 Å². The first-order chi connectivity index (χ1) is 9.15. The predicted octanol–water partition coefficient (Wildman–Crippen LogP) is 4.09. The summed E-state index contributed by atoms with van der Waals surface area (Å²) in [6.45, 7) is 4.47. The van der Waals surface area contributed by atoms with Crippen LogP contribution >= 0.6 is 0 Å². The van der Waals surface area contributed by atoms with E-state index in [0.717, 1.165) is 17.6 Å². The largest absolute Gasteiger partial charge is 0.496 e. The summed E-state index contributed by atoms with van der Waals surface area (Å²) in [5, 5.41) is 3.52. The van der Waals surface area contributed by atoms with Gasteiger partial charge in [0.05, 0.1) is 7.11 Å². The van der Waals surface area contributed by atoms with Crippen LogP contribution in [0.2, 0.25) is 0 Å². The average molecular weight is 261 g/mol. The van der Waals surface area contributed by atoms with Gasteiger partial charge in [-0.1, -0.05) is 31.9 Å². The molecule has 0 heterocycles. The standard InChI is InChI=1S/C17H27NO/c1-12-5-8-14(9-6-12)17(18-3)15-10-7-13(2)16(11-15)19-4/h7,10-12,14,17-18H,5-6,8-9H2,1-4H3. The molecular weight excluding hydrogens is 234 g/mol. The second-order valence-corrected chi connectivity index (χ2v) is 6.02. The number of methoxy groups -OCH3 is 1. The molecule has 0 aliphatic heterocycles. The summed E-state index contributed by atoms with van der Waals surface area (Å²) in [7, 11) is 3.83. The van der Waals surface area contributed by atoms with E-state index in [1.54, 1.807) is 7.11 Å². The zero-order valence-electron chi connectivity index (χ0n) is 12.7. The van der Waals surface area contributed by atoms with E-state index < -0.39 is 0 Å². The number of aryl methyl sites for hydroxylation is 1. The second kappa shape index (κ2) is 6.42. The van der Waals surface area contributed by atoms with E-state index in [-0.39, 0.29) is 0 Å². The van der Waals surface area contributed by atoms with Crippen molar-refractivity contribution in [1.29, 1.82) is 0 Å². The fraction of sp³-hybridized carbons (Fsp3) is 0.647. The van der Waals surface area contributed by atoms with E-state index in [9.17, 15) is 0 Å². The molecule has 106 valence electrons. The highest BCUT2D eigenvalue weighted by Crippen LogP contribution is 2.37. The van der Waals surface area contributed by atoms with Crippen LogP contribution in [0.1, 0.15) is 49.8 Å². The van der Waals surface area contributed by atoms with Crippen LogP contribution in [0.25, 0.3) is 0 Å². The van der Waals surface area contributed by atoms with Crippen LogP contribution < -0.4 is 10.1 Å². The minimum absolute atomic E-state index is 0.460. The fourth-order valence-electron chi connectivity index (χ4n) is 3.32. The number of hydrogen-bond donors (Lipinski definition) is 1. The minimum atomic E-state index is 0.460. The Hall–Kier alpha value is -1.02. The molecule has 2 rings (SSSR count). The molecule has 0 bridgehead atoms. The number of rotatable bonds is 4. The molecule has 0 radical (unpaired) electrons. The van der Waals surface area contributed by atoms with Crippen LogP contribution in [-0.2, 0) is 0 Å². The summed E-state index contributed by atoms with van der Waals surface area (Å²) in [5.74, 6) is 2.66. The number of hydrogen-bond acceptors (Lipinski definition) is 2. The molecule has 0 saturated heterocycles. The minimum Gasteiger partial charge on any atom is -0.496 e. The smallest absolute Gasteiger partial charge is 0.122 e. The molecule has 1 N–H and O–H groups in total. The Morgan fingerprint density at radius 1 is 1.21 bits per heavy atom. The summed E-state index contributed by atoms with van der Waals surface area (Å²) in [5.41, 5.74) is 2.57. The highest BCUT2D eigenvalue weighted by molar-refractivity contribution is 5.38. The van der Waals surface area contributed by atoms with Crippen LogP contribution in [0.5, 0.6) is 5.75 Å². The Balaban J connectivity index is 2.17. The molecule has 1 aromatic rings. The maximum atomic E-state index is 5.46. The van der Waals surface area contributed by atoms with Gasteiger partial charge in [0.25, 0.3) is 0 Å². The first kappa shape index (κ1) is 14.4. The number of nitrogens with one attached hydrogen (secondary N) is 1. The van der Waals surface area contributed by atoms with Gasteiger partial charge in [-0.2, -0.15) is 0 Å². The highest BCUT2D eigenvalue weighted by atomic mass is 16.5. The molecule has 0 amide bonds. The molecule has 2 nitrogen and oxygen atoms in total. The second-order valence-electron chi connectivity index (χ2n) is 6.02. The van der Waals surface area contributed by atoms with Crippen molar-refractivity contribution >= 4 is 0 Å². The first-order valence-electron chi connectivity index (χ1n) is 7.47. The van der Waals surface area contributed by atoms with Crippen molar-refractivity contribution < 1.29 is 4.74 Å². The normalized spacial score (nSPS) is 25.1. The van der Waals surface area contributed by atoms with Crippen LogP contribution in [0, 0.1) is 18.8 Å². The topological polar surface area (TPSA) is 21.3 Å². The lowest BCUT2D eigenvalue weighted by Crippen LogP contribution is -2.28. The van der Waals surface area contributed by atoms with Crippen molar-refractivity contribution in [3.8, 4) is 5.75 Å². The van der Waals surface area contributed by atoms with Crippen molar-refractivity contribution in [3.63, 3.8) is 0 Å². The molecule has 1 unspecified atom stereocenters. The summed E-state index contributed by atoms with van der Waals surface area (Å²) < 4.78 is 5.46. The summed E-state index contributed by atoms with van der Waals surface area (Å²) in [4.78, 5) is 0. The third-order valence-electron chi connectivity index (χ3n) is 4.63. The van der Waals surface area contributed by atoms with E-state index in [1.165, 1.54) is 36.8 Å². The van der Waals surface area contributed by atoms with Crippen molar-refractivity contribution in [2.24, 2.45) is 11.8 Å². The van der Waals surface area contributed by atoms with Gasteiger partial charge in [0, 0.05) is 6.04 Å². The predicted molar refractivity (Wildman–Crippen MR) is 80.7 cm³/mol. The summed E-state index contributed by atoms with van der Waals surface area (Å²) in [6, 6.07) is 7.08. The molecule has 1 saturated carbocycles. The molecule has 0 aromatic heterocycles. The van der Waals surface area contributed by atoms with Crippen molar-refractivity contribution in [3.05, 3.63) is 29.3 Å². The lowest BCUT2D eigenvalue weighted by molar-refractivity contribution is 0.237. The lowest BCUT2D eigenvalue weighted by Gasteiger charge is -2.33. The van der Waals surface area contributed by atoms with E-state index in [4.69, 9.17) is 4.74 Å². The zero-order chi connectivity index (χ0) is 13.8. The third-order valence-corrected chi connectivity index (χ3v) is 4.63. The fourth-order valence-corrected chi connectivity index (χ4v) is 3.32. The SMILES string of the molecule is CNC(c1ccc(C)c(OC)c1)C1CCC(C)CC1. The quantitative estimate of drug-likeness (QED) is 0.881. The molecular formula is C17H27NO. The van der Waals surface area contributed by atoms with Crippen molar-refractivity contribution in [1.82, 2.24) is 5.32 Å². The molecule has 1 atom stereocenters. The maximum Gasteiger partial charge on any atom is 0.122 e. The summed E-state index contributed by atoms with van der Waals surface area (Å²) >= 11 is 0. The molecule has 0 spiro atoms. The lowest BCUT2D eigenvalue weighted by atomic mass is 9.77. The maximum absolute atomic E-state index is 5.46. The van der Waals surface area contributed by atoms with Gasteiger partial charge < -0.3 is 10.1 Å².